The van der Waals surface area contributed by atoms with Crippen LogP contribution in [0.15, 0.2) is 24.3 Å². The first-order chi connectivity index (χ1) is 8.64. The van der Waals surface area contributed by atoms with Gasteiger partial charge in [-0.25, -0.2) is 0 Å². The Balaban J connectivity index is 2.38. The van der Waals surface area contributed by atoms with Gasteiger partial charge in [0.25, 0.3) is 0 Å². The van der Waals surface area contributed by atoms with E-state index in [1.165, 1.54) is 0 Å². The van der Waals surface area contributed by atoms with Crippen molar-refractivity contribution >= 4 is 5.78 Å². The van der Waals surface area contributed by atoms with Crippen LogP contribution in [0.1, 0.15) is 24.8 Å². The number of hydrogen-bond acceptors (Lipinski definition) is 4. The summed E-state index contributed by atoms with van der Waals surface area (Å²) >= 11 is 0. The van der Waals surface area contributed by atoms with Gasteiger partial charge in [-0.1, -0.05) is 12.1 Å². The summed E-state index contributed by atoms with van der Waals surface area (Å²) in [5.41, 5.74) is 0.124. The van der Waals surface area contributed by atoms with Crippen LogP contribution in [0.25, 0.3) is 0 Å². The molecule has 0 aliphatic heterocycles. The summed E-state index contributed by atoms with van der Waals surface area (Å²) in [6.07, 6.45) is 1.23. The Kier molecular flexibility index (Phi) is 3.68. The second-order valence-electron chi connectivity index (χ2n) is 4.66. The lowest BCUT2D eigenvalue weighted by Gasteiger charge is -2.38. The molecule has 1 fully saturated rings. The quantitative estimate of drug-likeness (QED) is 0.845. The Morgan fingerprint density at radius 2 is 2.06 bits per heavy atom. The fourth-order valence-corrected chi connectivity index (χ4v) is 2.65. The number of likely N-dealkylation sites (N-methyl/N-ethyl adjacent to an activating group) is 1. The van der Waals surface area contributed by atoms with Gasteiger partial charge in [-0.3, -0.25) is 4.79 Å². The maximum Gasteiger partial charge on any atom is 0.185 e. The number of carbonyl (C=O) groups excluding carboxylic acids is 1. The monoisotopic (exact) mass is 249 g/mol. The molecule has 0 spiro atoms. The van der Waals surface area contributed by atoms with Gasteiger partial charge < -0.3 is 15.2 Å². The van der Waals surface area contributed by atoms with Gasteiger partial charge in [-0.15, -0.1) is 0 Å². The number of benzene rings is 1. The van der Waals surface area contributed by atoms with Crippen LogP contribution < -0.4 is 10.1 Å². The zero-order valence-electron chi connectivity index (χ0n) is 10.8. The Morgan fingerprint density at radius 1 is 1.39 bits per heavy atom. The summed E-state index contributed by atoms with van der Waals surface area (Å²) in [6.45, 7) is 0. The molecule has 2 rings (SSSR count). The van der Waals surface area contributed by atoms with E-state index in [0.717, 1.165) is 17.7 Å². The SMILES string of the molecule is CN[C@]1(c2ccc(OC)cc2)CCC[C@H](O)C1=O. The molecule has 1 saturated carbocycles. The molecule has 4 nitrogen and oxygen atoms in total. The van der Waals surface area contributed by atoms with Gasteiger partial charge >= 0.3 is 0 Å². The van der Waals surface area contributed by atoms with Gasteiger partial charge in [0.15, 0.2) is 5.78 Å². The molecule has 0 saturated heterocycles. The van der Waals surface area contributed by atoms with Gasteiger partial charge in [-0.2, -0.15) is 0 Å². The van der Waals surface area contributed by atoms with Crippen molar-refractivity contribution in [1.82, 2.24) is 5.32 Å². The molecule has 98 valence electrons. The fourth-order valence-electron chi connectivity index (χ4n) is 2.65. The minimum absolute atomic E-state index is 0.138. The van der Waals surface area contributed by atoms with Crippen molar-refractivity contribution in [1.29, 1.82) is 0 Å². The van der Waals surface area contributed by atoms with E-state index >= 15 is 0 Å². The van der Waals surface area contributed by atoms with Crippen molar-refractivity contribution in [2.75, 3.05) is 14.2 Å². The van der Waals surface area contributed by atoms with E-state index in [1.807, 2.05) is 24.3 Å². The third-order valence-corrected chi connectivity index (χ3v) is 3.76. The van der Waals surface area contributed by atoms with Crippen LogP contribution in [0.5, 0.6) is 5.75 Å². The maximum atomic E-state index is 12.3. The molecule has 1 aromatic carbocycles. The summed E-state index contributed by atoms with van der Waals surface area (Å²) < 4.78 is 5.12. The molecule has 1 aromatic rings. The second-order valence-corrected chi connectivity index (χ2v) is 4.66. The molecule has 0 aromatic heterocycles. The lowest BCUT2D eigenvalue weighted by molar-refractivity contribution is -0.137. The van der Waals surface area contributed by atoms with Crippen molar-refractivity contribution in [3.8, 4) is 5.75 Å². The summed E-state index contributed by atoms with van der Waals surface area (Å²) in [4.78, 5) is 12.3. The van der Waals surface area contributed by atoms with Crippen molar-refractivity contribution in [3.63, 3.8) is 0 Å². The maximum absolute atomic E-state index is 12.3. The predicted octanol–water partition coefficient (Wildman–Crippen LogP) is 1.22. The topological polar surface area (TPSA) is 58.6 Å². The molecule has 1 aliphatic rings. The number of aliphatic hydroxyl groups is 1. The molecule has 0 heterocycles. The number of Topliss-reactive ketones (excluding diaryl/α,β-unsaturated/α-hetero) is 1. The van der Waals surface area contributed by atoms with Gasteiger partial charge in [0, 0.05) is 0 Å². The number of methoxy groups -OCH3 is 1. The van der Waals surface area contributed by atoms with Crippen LogP contribution >= 0.6 is 0 Å². The van der Waals surface area contributed by atoms with Crippen molar-refractivity contribution in [2.45, 2.75) is 30.9 Å². The molecule has 2 N–H and O–H groups in total. The standard InChI is InChI=1S/C14H19NO3/c1-15-14(9-3-4-12(16)13(14)17)10-5-7-11(18-2)8-6-10/h5-8,12,15-16H,3-4,9H2,1-2H3/t12-,14-/m0/s1. The van der Waals surface area contributed by atoms with Crippen LogP contribution in [0, 0.1) is 0 Å². The number of ketones is 1. The van der Waals surface area contributed by atoms with Gasteiger partial charge in [0.05, 0.1) is 7.11 Å². The molecule has 1 aliphatic carbocycles. The Hall–Kier alpha value is -1.39. The lowest BCUT2D eigenvalue weighted by Crippen LogP contribution is -2.54. The third kappa shape index (κ3) is 2.02. The third-order valence-electron chi connectivity index (χ3n) is 3.76. The number of rotatable bonds is 3. The van der Waals surface area contributed by atoms with E-state index in [4.69, 9.17) is 4.74 Å². The molecular formula is C14H19NO3. The molecule has 0 unspecified atom stereocenters. The minimum Gasteiger partial charge on any atom is -0.497 e. The van der Waals surface area contributed by atoms with Gasteiger partial charge in [0.1, 0.15) is 17.4 Å². The average molecular weight is 249 g/mol. The van der Waals surface area contributed by atoms with E-state index in [1.54, 1.807) is 14.2 Å². The normalized spacial score (nSPS) is 28.2. The highest BCUT2D eigenvalue weighted by atomic mass is 16.5. The van der Waals surface area contributed by atoms with E-state index in [9.17, 15) is 9.90 Å². The number of aliphatic hydroxyl groups excluding tert-OH is 1. The summed E-state index contributed by atoms with van der Waals surface area (Å²) in [5.74, 6) is 0.621. The van der Waals surface area contributed by atoms with E-state index in [2.05, 4.69) is 5.32 Å². The second kappa shape index (κ2) is 5.08. The molecule has 2 atom stereocenters. The molecule has 0 amide bonds. The first kappa shape index (κ1) is 13.1. The number of hydrogen-bond donors (Lipinski definition) is 2. The summed E-state index contributed by atoms with van der Waals surface area (Å²) in [7, 11) is 3.37. The Morgan fingerprint density at radius 3 is 2.61 bits per heavy atom. The zero-order chi connectivity index (χ0) is 13.2. The summed E-state index contributed by atoms with van der Waals surface area (Å²) in [6, 6.07) is 7.43. The molecule has 18 heavy (non-hydrogen) atoms. The first-order valence-corrected chi connectivity index (χ1v) is 6.20. The largest absolute Gasteiger partial charge is 0.497 e. The minimum atomic E-state index is -0.867. The molecule has 4 heteroatoms. The van der Waals surface area contributed by atoms with E-state index in [0.29, 0.717) is 12.8 Å². The highest BCUT2D eigenvalue weighted by Gasteiger charge is 2.44. The average Bonchev–Trinajstić information content (AvgIpc) is 2.42. The number of carbonyl (C=O) groups is 1. The summed E-state index contributed by atoms with van der Waals surface area (Å²) in [5, 5.41) is 12.9. The molecule has 0 bridgehead atoms. The van der Waals surface area contributed by atoms with Gasteiger partial charge in [-0.05, 0) is 44.0 Å². The highest BCUT2D eigenvalue weighted by molar-refractivity contribution is 5.93. The Labute approximate surface area is 107 Å². The van der Waals surface area contributed by atoms with Crippen LogP contribution in [-0.4, -0.2) is 31.2 Å². The first-order valence-electron chi connectivity index (χ1n) is 6.20. The van der Waals surface area contributed by atoms with Crippen LogP contribution in [-0.2, 0) is 10.3 Å². The molecule has 0 radical (unpaired) electrons. The van der Waals surface area contributed by atoms with Crippen LogP contribution in [0.3, 0.4) is 0 Å². The highest BCUT2D eigenvalue weighted by Crippen LogP contribution is 2.35. The van der Waals surface area contributed by atoms with E-state index < -0.39 is 11.6 Å². The van der Waals surface area contributed by atoms with Gasteiger partial charge in [0.2, 0.25) is 0 Å². The zero-order valence-corrected chi connectivity index (χ0v) is 10.8. The fraction of sp³-hybridized carbons (Fsp3) is 0.500. The lowest BCUT2D eigenvalue weighted by atomic mass is 9.74. The van der Waals surface area contributed by atoms with E-state index in [-0.39, 0.29) is 5.78 Å². The molecular weight excluding hydrogens is 230 g/mol. The Bertz CT molecular complexity index is 429. The van der Waals surface area contributed by atoms with Crippen molar-refractivity contribution < 1.29 is 14.6 Å². The van der Waals surface area contributed by atoms with Crippen molar-refractivity contribution in [2.24, 2.45) is 0 Å². The predicted molar refractivity (Wildman–Crippen MR) is 68.6 cm³/mol. The van der Waals surface area contributed by atoms with Crippen molar-refractivity contribution in [3.05, 3.63) is 29.8 Å². The van der Waals surface area contributed by atoms with Crippen LogP contribution in [0.2, 0.25) is 0 Å². The number of nitrogens with one attached hydrogen (secondary N) is 1. The number of ether oxygens (including phenoxy) is 1. The smallest absolute Gasteiger partial charge is 0.185 e. The van der Waals surface area contributed by atoms with Crippen LogP contribution in [0.4, 0.5) is 0 Å².